The number of rotatable bonds is 9. The number of nitrogens with one attached hydrogen (secondary N) is 1. The SMILES string of the molecule is CCCCn1c(N)c(N(C)C(=O)c2ccc(OCc3cscn3)c(OC)c2)c(=O)[nH]c1=O. The van der Waals surface area contributed by atoms with Crippen LogP contribution in [0.1, 0.15) is 35.8 Å². The highest BCUT2D eigenvalue weighted by atomic mass is 32.1. The first kappa shape index (κ1) is 23.1. The number of carbonyl (C=O) groups excluding carboxylic acids is 1. The van der Waals surface area contributed by atoms with E-state index in [0.29, 0.717) is 24.5 Å². The van der Waals surface area contributed by atoms with Gasteiger partial charge in [-0.15, -0.1) is 11.3 Å². The molecule has 2 heterocycles. The number of hydrogen-bond donors (Lipinski definition) is 2. The largest absolute Gasteiger partial charge is 0.493 e. The van der Waals surface area contributed by atoms with Gasteiger partial charge in [-0.3, -0.25) is 19.1 Å². The molecule has 3 N–H and O–H groups in total. The molecule has 1 aromatic carbocycles. The van der Waals surface area contributed by atoms with Gasteiger partial charge in [-0.1, -0.05) is 13.3 Å². The Kier molecular flexibility index (Phi) is 7.31. The lowest BCUT2D eigenvalue weighted by Crippen LogP contribution is -2.39. The molecule has 2 aromatic heterocycles. The second kappa shape index (κ2) is 10.1. The Bertz CT molecular complexity index is 1200. The fourth-order valence-electron chi connectivity index (χ4n) is 3.12. The lowest BCUT2D eigenvalue weighted by molar-refractivity contribution is 0.0992. The minimum atomic E-state index is -0.730. The fourth-order valence-corrected chi connectivity index (χ4v) is 3.66. The topological polar surface area (TPSA) is 133 Å². The van der Waals surface area contributed by atoms with Crippen molar-refractivity contribution in [3.05, 3.63) is 61.2 Å². The molecule has 0 aliphatic heterocycles. The average Bonchev–Trinajstić information content (AvgIpc) is 3.30. The summed E-state index contributed by atoms with van der Waals surface area (Å²) in [5, 5.41) is 1.88. The van der Waals surface area contributed by atoms with Crippen LogP contribution in [-0.4, -0.2) is 34.6 Å². The van der Waals surface area contributed by atoms with Gasteiger partial charge in [-0.25, -0.2) is 9.78 Å². The number of hydrogen-bond acceptors (Lipinski definition) is 8. The zero-order valence-electron chi connectivity index (χ0n) is 18.1. The minimum absolute atomic E-state index is 0.0572. The highest BCUT2D eigenvalue weighted by Gasteiger charge is 2.23. The highest BCUT2D eigenvalue weighted by Crippen LogP contribution is 2.30. The Morgan fingerprint density at radius 2 is 2.09 bits per heavy atom. The van der Waals surface area contributed by atoms with Crippen LogP contribution in [0.25, 0.3) is 0 Å². The summed E-state index contributed by atoms with van der Waals surface area (Å²) in [5.41, 5.74) is 7.44. The van der Waals surface area contributed by atoms with Gasteiger partial charge in [-0.2, -0.15) is 0 Å². The van der Waals surface area contributed by atoms with Gasteiger partial charge in [0, 0.05) is 24.5 Å². The molecule has 1 amide bonds. The van der Waals surface area contributed by atoms with Crippen LogP contribution >= 0.6 is 11.3 Å². The Morgan fingerprint density at radius 3 is 2.75 bits per heavy atom. The van der Waals surface area contributed by atoms with Crippen LogP contribution in [0.15, 0.2) is 38.7 Å². The minimum Gasteiger partial charge on any atom is -0.493 e. The third-order valence-electron chi connectivity index (χ3n) is 4.86. The Labute approximate surface area is 188 Å². The first-order valence-electron chi connectivity index (χ1n) is 9.95. The number of anilines is 2. The van der Waals surface area contributed by atoms with Gasteiger partial charge in [0.25, 0.3) is 11.5 Å². The molecular formula is C21H25N5O5S. The number of aromatic amines is 1. The van der Waals surface area contributed by atoms with Crippen molar-refractivity contribution in [2.45, 2.75) is 32.9 Å². The number of methoxy groups -OCH3 is 1. The van der Waals surface area contributed by atoms with Gasteiger partial charge < -0.3 is 20.1 Å². The number of H-pyrrole nitrogens is 1. The number of benzene rings is 1. The fraction of sp³-hybridized carbons (Fsp3) is 0.333. The number of aromatic nitrogens is 3. The number of nitrogens with zero attached hydrogens (tertiary/aromatic N) is 3. The van der Waals surface area contributed by atoms with Crippen LogP contribution in [0.2, 0.25) is 0 Å². The van der Waals surface area contributed by atoms with Crippen molar-refractivity contribution in [3.63, 3.8) is 0 Å². The van der Waals surface area contributed by atoms with Crippen LogP contribution in [0.3, 0.4) is 0 Å². The lowest BCUT2D eigenvalue weighted by Gasteiger charge is -2.21. The number of ether oxygens (including phenoxy) is 2. The van der Waals surface area contributed by atoms with E-state index in [0.717, 1.165) is 17.0 Å². The van der Waals surface area contributed by atoms with E-state index in [-0.39, 0.29) is 23.7 Å². The van der Waals surface area contributed by atoms with Gasteiger partial charge in [0.05, 0.1) is 18.3 Å². The number of nitrogen functional groups attached to an aromatic ring is 1. The Balaban J connectivity index is 1.88. The monoisotopic (exact) mass is 459 g/mol. The summed E-state index contributed by atoms with van der Waals surface area (Å²) >= 11 is 1.47. The Morgan fingerprint density at radius 1 is 1.31 bits per heavy atom. The van der Waals surface area contributed by atoms with Gasteiger partial charge >= 0.3 is 5.69 Å². The first-order valence-corrected chi connectivity index (χ1v) is 10.9. The molecule has 3 rings (SSSR count). The third-order valence-corrected chi connectivity index (χ3v) is 5.49. The molecule has 0 saturated heterocycles. The normalized spacial score (nSPS) is 10.7. The molecule has 0 spiro atoms. The summed E-state index contributed by atoms with van der Waals surface area (Å²) in [6.07, 6.45) is 1.54. The van der Waals surface area contributed by atoms with Crippen LogP contribution < -0.4 is 31.4 Å². The molecule has 0 fully saturated rings. The smallest absolute Gasteiger partial charge is 0.330 e. The van der Waals surface area contributed by atoms with Crippen molar-refractivity contribution >= 4 is 28.7 Å². The van der Waals surface area contributed by atoms with Gasteiger partial charge in [0.1, 0.15) is 12.4 Å². The van der Waals surface area contributed by atoms with Crippen LogP contribution in [-0.2, 0) is 13.2 Å². The molecule has 3 aromatic rings. The number of carbonyl (C=O) groups is 1. The van der Waals surface area contributed by atoms with E-state index in [4.69, 9.17) is 15.2 Å². The van der Waals surface area contributed by atoms with E-state index < -0.39 is 17.2 Å². The molecule has 0 aliphatic rings. The molecule has 0 atom stereocenters. The molecule has 32 heavy (non-hydrogen) atoms. The molecule has 10 nitrogen and oxygen atoms in total. The quantitative estimate of drug-likeness (QED) is 0.501. The second-order valence-electron chi connectivity index (χ2n) is 7.00. The maximum absolute atomic E-state index is 13.1. The zero-order valence-corrected chi connectivity index (χ0v) is 18.9. The zero-order chi connectivity index (χ0) is 23.3. The average molecular weight is 460 g/mol. The molecule has 0 aliphatic carbocycles. The number of thiazole rings is 1. The summed E-state index contributed by atoms with van der Waals surface area (Å²) in [5.74, 6) is 0.255. The maximum Gasteiger partial charge on any atom is 0.330 e. The molecule has 170 valence electrons. The van der Waals surface area contributed by atoms with Crippen molar-refractivity contribution in [2.24, 2.45) is 0 Å². The van der Waals surface area contributed by atoms with Crippen molar-refractivity contribution in [1.29, 1.82) is 0 Å². The third kappa shape index (κ3) is 4.83. The summed E-state index contributed by atoms with van der Waals surface area (Å²) in [4.78, 5) is 45.2. The van der Waals surface area contributed by atoms with E-state index in [1.54, 1.807) is 17.6 Å². The van der Waals surface area contributed by atoms with Gasteiger partial charge in [0.2, 0.25) is 0 Å². The highest BCUT2D eigenvalue weighted by molar-refractivity contribution is 7.07. The first-order chi connectivity index (χ1) is 15.4. The standard InChI is InChI=1S/C21H25N5O5S/c1-4-5-8-26-18(22)17(19(27)24-21(26)29)25(2)20(28)13-6-7-15(16(9-13)30-3)31-10-14-11-32-12-23-14/h6-7,9,11-12H,4-5,8,10,22H2,1-3H3,(H,24,27,29). The van der Waals surface area contributed by atoms with Crippen molar-refractivity contribution in [3.8, 4) is 11.5 Å². The summed E-state index contributed by atoms with van der Waals surface area (Å²) in [7, 11) is 2.90. The predicted octanol–water partition coefficient (Wildman–Crippen LogP) is 2.24. The molecule has 0 bridgehead atoms. The summed E-state index contributed by atoms with van der Waals surface area (Å²) in [6.45, 7) is 2.57. The van der Waals surface area contributed by atoms with Crippen molar-refractivity contribution in [1.82, 2.24) is 14.5 Å². The lowest BCUT2D eigenvalue weighted by atomic mass is 10.1. The number of nitrogens with two attached hydrogens (primary N) is 1. The number of unbranched alkanes of at least 4 members (excludes halogenated alkanes) is 1. The van der Waals surface area contributed by atoms with E-state index >= 15 is 0 Å². The van der Waals surface area contributed by atoms with Crippen LogP contribution in [0, 0.1) is 0 Å². The molecule has 0 unspecified atom stereocenters. The van der Waals surface area contributed by atoms with Crippen LogP contribution in [0.4, 0.5) is 11.5 Å². The van der Waals surface area contributed by atoms with Crippen molar-refractivity contribution < 1.29 is 14.3 Å². The van der Waals surface area contributed by atoms with Gasteiger partial charge in [-0.05, 0) is 24.6 Å². The van der Waals surface area contributed by atoms with E-state index in [2.05, 4.69) is 9.97 Å². The van der Waals surface area contributed by atoms with Gasteiger partial charge in [0.15, 0.2) is 17.2 Å². The Hall–Kier alpha value is -3.60. The molecule has 0 radical (unpaired) electrons. The molecule has 11 heteroatoms. The van der Waals surface area contributed by atoms with E-state index in [9.17, 15) is 14.4 Å². The maximum atomic E-state index is 13.1. The van der Waals surface area contributed by atoms with E-state index in [1.807, 2.05) is 12.3 Å². The van der Waals surface area contributed by atoms with E-state index in [1.165, 1.54) is 36.1 Å². The summed E-state index contributed by atoms with van der Waals surface area (Å²) in [6, 6.07) is 4.70. The number of amides is 1. The second-order valence-corrected chi connectivity index (χ2v) is 7.72. The predicted molar refractivity (Wildman–Crippen MR) is 123 cm³/mol. The van der Waals surface area contributed by atoms with Crippen LogP contribution in [0.5, 0.6) is 11.5 Å². The summed E-state index contributed by atoms with van der Waals surface area (Å²) < 4.78 is 12.4. The molecular weight excluding hydrogens is 434 g/mol. The van der Waals surface area contributed by atoms with Crippen molar-refractivity contribution in [2.75, 3.05) is 24.8 Å². The molecule has 0 saturated carbocycles.